The first kappa shape index (κ1) is 17.7. The molecule has 0 radical (unpaired) electrons. The van der Waals surface area contributed by atoms with E-state index in [2.05, 4.69) is 14.5 Å². The van der Waals surface area contributed by atoms with Gasteiger partial charge in [-0.15, -0.1) is 0 Å². The minimum Gasteiger partial charge on any atom is -0.383 e. The van der Waals surface area contributed by atoms with Crippen LogP contribution in [-0.4, -0.2) is 52.1 Å². The van der Waals surface area contributed by atoms with Gasteiger partial charge in [0.2, 0.25) is 0 Å². The van der Waals surface area contributed by atoms with Crippen molar-refractivity contribution >= 4 is 16.8 Å². The number of nitrogens with zero attached hydrogens (tertiary/aromatic N) is 4. The van der Waals surface area contributed by atoms with Gasteiger partial charge in [0.25, 0.3) is 5.91 Å². The van der Waals surface area contributed by atoms with E-state index in [1.165, 1.54) is 0 Å². The molecule has 3 aromatic rings. The Bertz CT molecular complexity index is 929. The third kappa shape index (κ3) is 3.71. The van der Waals surface area contributed by atoms with Crippen molar-refractivity contribution in [2.45, 2.75) is 25.3 Å². The minimum atomic E-state index is 0.0157. The van der Waals surface area contributed by atoms with Crippen molar-refractivity contribution in [3.8, 4) is 0 Å². The van der Waals surface area contributed by atoms with Crippen LogP contribution in [0.1, 0.15) is 35.1 Å². The highest BCUT2D eigenvalue weighted by Gasteiger charge is 2.27. The number of piperidine rings is 1. The number of hydrogen-bond donors (Lipinski definition) is 0. The number of ether oxygens (including phenoxy) is 1. The van der Waals surface area contributed by atoms with Crippen molar-refractivity contribution in [1.29, 1.82) is 0 Å². The maximum Gasteiger partial charge on any atom is 0.272 e. The summed E-state index contributed by atoms with van der Waals surface area (Å²) in [4.78, 5) is 23.9. The van der Waals surface area contributed by atoms with Gasteiger partial charge >= 0.3 is 0 Å². The molecule has 0 spiro atoms. The van der Waals surface area contributed by atoms with E-state index < -0.39 is 0 Å². The maximum absolute atomic E-state index is 12.9. The first-order chi connectivity index (χ1) is 13.3. The average Bonchev–Trinajstić information content (AvgIpc) is 3.20. The van der Waals surface area contributed by atoms with E-state index in [0.29, 0.717) is 18.2 Å². The molecule has 6 heteroatoms. The molecule has 1 aliphatic rings. The number of fused-ring (bicyclic) bond motifs is 1. The van der Waals surface area contributed by atoms with Crippen LogP contribution in [0.2, 0.25) is 0 Å². The third-order valence-electron chi connectivity index (χ3n) is 5.25. The Morgan fingerprint density at radius 1 is 1.19 bits per heavy atom. The van der Waals surface area contributed by atoms with E-state index in [0.717, 1.165) is 49.2 Å². The monoisotopic (exact) mass is 364 g/mol. The quantitative estimate of drug-likeness (QED) is 0.698. The number of rotatable bonds is 5. The smallest absolute Gasteiger partial charge is 0.272 e. The second-order valence-corrected chi connectivity index (χ2v) is 6.93. The summed E-state index contributed by atoms with van der Waals surface area (Å²) in [5, 5.41) is 1.05. The predicted molar refractivity (Wildman–Crippen MR) is 104 cm³/mol. The molecule has 0 unspecified atom stereocenters. The topological polar surface area (TPSA) is 60.2 Å². The van der Waals surface area contributed by atoms with Gasteiger partial charge < -0.3 is 14.2 Å². The fraction of sp³-hybridized carbons (Fsp3) is 0.381. The van der Waals surface area contributed by atoms with Gasteiger partial charge in [-0.2, -0.15) is 0 Å². The largest absolute Gasteiger partial charge is 0.383 e. The van der Waals surface area contributed by atoms with Crippen LogP contribution in [-0.2, 0) is 11.3 Å². The van der Waals surface area contributed by atoms with Crippen molar-refractivity contribution in [2.75, 3.05) is 26.8 Å². The van der Waals surface area contributed by atoms with Crippen LogP contribution in [0.3, 0.4) is 0 Å². The number of carbonyl (C=O) groups excluding carboxylic acids is 1. The molecule has 0 bridgehead atoms. The molecule has 0 aliphatic carbocycles. The summed E-state index contributed by atoms with van der Waals surface area (Å²) in [7, 11) is 1.71. The van der Waals surface area contributed by atoms with Gasteiger partial charge in [0.15, 0.2) is 0 Å². The summed E-state index contributed by atoms with van der Waals surface area (Å²) in [5.74, 6) is 1.50. The molecule has 0 N–H and O–H groups in total. The number of benzene rings is 1. The zero-order chi connectivity index (χ0) is 18.6. The van der Waals surface area contributed by atoms with Crippen LogP contribution < -0.4 is 0 Å². The SMILES string of the molecule is COCCn1ccnc1C1CCN(C(=O)c2ccc3ccccc3n2)CC1. The van der Waals surface area contributed by atoms with Crippen LogP contribution in [0, 0.1) is 0 Å². The van der Waals surface area contributed by atoms with Gasteiger partial charge in [-0.1, -0.05) is 24.3 Å². The summed E-state index contributed by atoms with van der Waals surface area (Å²) in [5.41, 5.74) is 1.38. The zero-order valence-electron chi connectivity index (χ0n) is 15.5. The molecule has 1 fully saturated rings. The number of pyridine rings is 1. The second-order valence-electron chi connectivity index (χ2n) is 6.93. The maximum atomic E-state index is 12.9. The number of hydrogen-bond acceptors (Lipinski definition) is 4. The predicted octanol–water partition coefficient (Wildman–Crippen LogP) is 3.10. The molecule has 2 aromatic heterocycles. The Kier molecular flexibility index (Phi) is 5.16. The lowest BCUT2D eigenvalue weighted by atomic mass is 9.95. The Balaban J connectivity index is 1.42. The first-order valence-electron chi connectivity index (χ1n) is 9.41. The van der Waals surface area contributed by atoms with E-state index >= 15 is 0 Å². The van der Waals surface area contributed by atoms with Gasteiger partial charge in [-0.3, -0.25) is 4.79 Å². The molecule has 1 amide bonds. The summed E-state index contributed by atoms with van der Waals surface area (Å²) in [6.45, 7) is 2.95. The molecular weight excluding hydrogens is 340 g/mol. The number of methoxy groups -OCH3 is 1. The highest BCUT2D eigenvalue weighted by atomic mass is 16.5. The van der Waals surface area contributed by atoms with E-state index in [4.69, 9.17) is 4.74 Å². The lowest BCUT2D eigenvalue weighted by molar-refractivity contribution is 0.0704. The van der Waals surface area contributed by atoms with Crippen LogP contribution in [0.25, 0.3) is 10.9 Å². The van der Waals surface area contributed by atoms with E-state index in [-0.39, 0.29) is 5.91 Å². The lowest BCUT2D eigenvalue weighted by Gasteiger charge is -2.31. The van der Waals surface area contributed by atoms with Crippen molar-refractivity contribution in [1.82, 2.24) is 19.4 Å². The van der Waals surface area contributed by atoms with E-state index in [1.54, 1.807) is 7.11 Å². The Hall–Kier alpha value is -2.73. The molecule has 1 saturated heterocycles. The Morgan fingerprint density at radius 3 is 2.81 bits per heavy atom. The summed E-state index contributed by atoms with van der Waals surface area (Å²) in [6.07, 6.45) is 5.69. The van der Waals surface area contributed by atoms with Gasteiger partial charge in [-0.25, -0.2) is 9.97 Å². The van der Waals surface area contributed by atoms with Crippen molar-refractivity contribution < 1.29 is 9.53 Å². The van der Waals surface area contributed by atoms with Gasteiger partial charge in [0.1, 0.15) is 11.5 Å². The molecule has 6 nitrogen and oxygen atoms in total. The van der Waals surface area contributed by atoms with Gasteiger partial charge in [0, 0.05) is 50.4 Å². The van der Waals surface area contributed by atoms with Gasteiger partial charge in [-0.05, 0) is 25.0 Å². The third-order valence-corrected chi connectivity index (χ3v) is 5.25. The van der Waals surface area contributed by atoms with E-state index in [1.807, 2.05) is 53.7 Å². The molecule has 0 saturated carbocycles. The highest BCUT2D eigenvalue weighted by molar-refractivity contribution is 5.95. The molecular formula is C21H24N4O2. The Labute approximate surface area is 158 Å². The first-order valence-corrected chi connectivity index (χ1v) is 9.41. The van der Waals surface area contributed by atoms with Crippen LogP contribution >= 0.6 is 0 Å². The van der Waals surface area contributed by atoms with E-state index in [9.17, 15) is 4.79 Å². The molecule has 1 aromatic carbocycles. The second kappa shape index (κ2) is 7.88. The number of carbonyl (C=O) groups is 1. The number of amides is 1. The molecule has 4 rings (SSSR count). The van der Waals surface area contributed by atoms with Crippen LogP contribution in [0.4, 0.5) is 0 Å². The fourth-order valence-corrected chi connectivity index (χ4v) is 3.75. The van der Waals surface area contributed by atoms with Crippen LogP contribution in [0.5, 0.6) is 0 Å². The number of aromatic nitrogens is 3. The highest BCUT2D eigenvalue weighted by Crippen LogP contribution is 2.27. The van der Waals surface area contributed by atoms with Crippen LogP contribution in [0.15, 0.2) is 48.8 Å². The summed E-state index contributed by atoms with van der Waals surface area (Å²) in [6, 6.07) is 11.7. The number of imidazole rings is 1. The zero-order valence-corrected chi connectivity index (χ0v) is 15.5. The molecule has 3 heterocycles. The Morgan fingerprint density at radius 2 is 2.00 bits per heavy atom. The van der Waals surface area contributed by atoms with Crippen molar-refractivity contribution in [2.24, 2.45) is 0 Å². The molecule has 0 atom stereocenters. The normalized spacial score (nSPS) is 15.4. The summed E-state index contributed by atoms with van der Waals surface area (Å²) < 4.78 is 7.34. The summed E-state index contributed by atoms with van der Waals surface area (Å²) >= 11 is 0. The number of para-hydroxylation sites is 1. The number of likely N-dealkylation sites (tertiary alicyclic amines) is 1. The standard InChI is InChI=1S/C21H24N4O2/c1-27-15-14-24-13-10-22-20(24)17-8-11-25(12-9-17)21(26)19-7-6-16-4-2-3-5-18(16)23-19/h2-7,10,13,17H,8-9,11-12,14-15H2,1H3. The van der Waals surface area contributed by atoms with Gasteiger partial charge in [0.05, 0.1) is 12.1 Å². The average molecular weight is 364 g/mol. The molecule has 140 valence electrons. The van der Waals surface area contributed by atoms with Crippen molar-refractivity contribution in [3.63, 3.8) is 0 Å². The van der Waals surface area contributed by atoms with Crippen molar-refractivity contribution in [3.05, 3.63) is 60.3 Å². The molecule has 1 aliphatic heterocycles. The minimum absolute atomic E-state index is 0.0157. The molecule has 27 heavy (non-hydrogen) atoms. The fourth-order valence-electron chi connectivity index (χ4n) is 3.75. The lowest BCUT2D eigenvalue weighted by Crippen LogP contribution is -2.38.